The van der Waals surface area contributed by atoms with Gasteiger partial charge in [0.2, 0.25) is 0 Å². The van der Waals surface area contributed by atoms with Crippen LogP contribution in [0.3, 0.4) is 0 Å². The number of rotatable bonds is 4. The van der Waals surface area contributed by atoms with Gasteiger partial charge in [0.05, 0.1) is 4.91 Å². The van der Waals surface area contributed by atoms with E-state index in [2.05, 4.69) is 17.5 Å². The van der Waals surface area contributed by atoms with E-state index in [0.29, 0.717) is 5.84 Å². The highest BCUT2D eigenvalue weighted by Crippen LogP contribution is 2.11. The average Bonchev–Trinajstić information content (AvgIpc) is 2.17. The maximum atomic E-state index is 5.22. The summed E-state index contributed by atoms with van der Waals surface area (Å²) in [4.78, 5) is 0.912. The lowest BCUT2D eigenvalue weighted by atomic mass is 10.3. The molecule has 0 radical (unpaired) electrons. The van der Waals surface area contributed by atoms with Crippen LogP contribution in [0.2, 0.25) is 0 Å². The van der Waals surface area contributed by atoms with Gasteiger partial charge in [0.15, 0.2) is 5.84 Å². The van der Waals surface area contributed by atoms with Crippen molar-refractivity contribution in [2.45, 2.75) is 13.3 Å². The highest BCUT2D eigenvalue weighted by atomic mass is 32.2. The Labute approximate surface area is 83.1 Å². The van der Waals surface area contributed by atoms with Crippen LogP contribution in [-0.4, -0.2) is 12.1 Å². The van der Waals surface area contributed by atoms with Crippen LogP contribution < -0.4 is 17.1 Å². The zero-order valence-electron chi connectivity index (χ0n) is 7.95. The third-order valence-corrected chi connectivity index (χ3v) is 2.11. The van der Waals surface area contributed by atoms with Crippen LogP contribution in [-0.2, 0) is 0 Å². The highest BCUT2D eigenvalue weighted by Gasteiger charge is 2.01. The van der Waals surface area contributed by atoms with Crippen molar-refractivity contribution in [3.8, 4) is 0 Å². The first kappa shape index (κ1) is 12.1. The van der Waals surface area contributed by atoms with E-state index in [0.717, 1.165) is 11.3 Å². The Morgan fingerprint density at radius 1 is 1.62 bits per heavy atom. The first-order chi connectivity index (χ1) is 6.29. The molecule has 13 heavy (non-hydrogen) atoms. The van der Waals surface area contributed by atoms with E-state index in [4.69, 9.17) is 11.7 Å². The number of hydrazone groups is 1. The molecule has 0 aromatic rings. The number of hydrogen-bond acceptors (Lipinski definition) is 4. The van der Waals surface area contributed by atoms with Crippen molar-refractivity contribution in [3.05, 3.63) is 23.1 Å². The summed E-state index contributed by atoms with van der Waals surface area (Å²) in [5.41, 5.74) is 2.43. The summed E-state index contributed by atoms with van der Waals surface area (Å²) in [7, 11) is 0. The summed E-state index contributed by atoms with van der Waals surface area (Å²) in [6, 6.07) is 0. The second kappa shape index (κ2) is 7.70. The van der Waals surface area contributed by atoms with E-state index in [-0.39, 0.29) is 0 Å². The normalized spacial score (nSPS) is 13.8. The van der Waals surface area contributed by atoms with Crippen LogP contribution in [0.1, 0.15) is 13.3 Å². The van der Waals surface area contributed by atoms with Crippen molar-refractivity contribution in [3.63, 3.8) is 0 Å². The predicted molar refractivity (Wildman–Crippen MR) is 60.0 cm³/mol. The summed E-state index contributed by atoms with van der Waals surface area (Å²) in [6.07, 6.45) is 8.85. The lowest BCUT2D eigenvalue weighted by Crippen LogP contribution is -2.31. The predicted octanol–water partition coefficient (Wildman–Crippen LogP) is 0.935. The molecule has 0 saturated carbocycles. The third kappa shape index (κ3) is 4.59. The molecule has 0 fully saturated rings. The third-order valence-electron chi connectivity index (χ3n) is 1.34. The van der Waals surface area contributed by atoms with Crippen LogP contribution in [0, 0.1) is 0 Å². The Bertz CT molecular complexity index is 220. The SMILES string of the molecule is CC/C=C/C=C(SC)/C(=N/N)NN. The van der Waals surface area contributed by atoms with Gasteiger partial charge in [0.25, 0.3) is 0 Å². The smallest absolute Gasteiger partial charge is 0.173 e. The summed E-state index contributed by atoms with van der Waals surface area (Å²) in [5.74, 6) is 10.8. The number of allylic oxidation sites excluding steroid dienone is 3. The molecular formula is C8H16N4S. The molecule has 0 atom stereocenters. The van der Waals surface area contributed by atoms with Gasteiger partial charge in [-0.25, -0.2) is 5.84 Å². The Morgan fingerprint density at radius 3 is 2.69 bits per heavy atom. The molecule has 0 aliphatic heterocycles. The molecule has 0 aliphatic rings. The van der Waals surface area contributed by atoms with Gasteiger partial charge in [0, 0.05) is 0 Å². The summed E-state index contributed by atoms with van der Waals surface area (Å²) in [5, 5.41) is 3.51. The van der Waals surface area contributed by atoms with Crippen molar-refractivity contribution in [2.24, 2.45) is 16.8 Å². The van der Waals surface area contributed by atoms with Crippen LogP contribution >= 0.6 is 11.8 Å². The van der Waals surface area contributed by atoms with Gasteiger partial charge in [-0.15, -0.1) is 11.8 Å². The molecule has 0 amide bonds. The number of hydrogen-bond donors (Lipinski definition) is 3. The standard InChI is InChI=1S/C8H16N4S/c1-3-4-5-6-7(13-2)8(11-9)12-10/h4-6H,3,9-10H2,1-2H3,(H,11,12)/b5-4+,7-6-. The Hall–Kier alpha value is -0.940. The minimum Gasteiger partial charge on any atom is -0.321 e. The molecule has 0 unspecified atom stereocenters. The minimum atomic E-state index is 0.494. The van der Waals surface area contributed by atoms with Gasteiger partial charge >= 0.3 is 0 Å². The van der Waals surface area contributed by atoms with Gasteiger partial charge in [0.1, 0.15) is 0 Å². The Morgan fingerprint density at radius 2 is 2.31 bits per heavy atom. The fourth-order valence-electron chi connectivity index (χ4n) is 0.707. The molecule has 5 heteroatoms. The maximum absolute atomic E-state index is 5.22. The molecule has 0 aliphatic carbocycles. The number of thioether (sulfide) groups is 1. The zero-order chi connectivity index (χ0) is 10.1. The number of amidine groups is 1. The van der Waals surface area contributed by atoms with Gasteiger partial charge in [-0.3, -0.25) is 0 Å². The summed E-state index contributed by atoms with van der Waals surface area (Å²) in [6.45, 7) is 2.07. The summed E-state index contributed by atoms with van der Waals surface area (Å²) < 4.78 is 0. The number of nitrogens with zero attached hydrogens (tertiary/aromatic N) is 1. The van der Waals surface area contributed by atoms with Crippen LogP contribution in [0.25, 0.3) is 0 Å². The first-order valence-electron chi connectivity index (χ1n) is 3.95. The maximum Gasteiger partial charge on any atom is 0.173 e. The molecule has 5 N–H and O–H groups in total. The largest absolute Gasteiger partial charge is 0.321 e. The van der Waals surface area contributed by atoms with Crippen LogP contribution in [0.4, 0.5) is 0 Å². The summed E-state index contributed by atoms with van der Waals surface area (Å²) >= 11 is 1.53. The fraction of sp³-hybridized carbons (Fsp3) is 0.375. The van der Waals surface area contributed by atoms with Gasteiger partial charge < -0.3 is 11.3 Å². The molecule has 0 heterocycles. The first-order valence-corrected chi connectivity index (χ1v) is 5.18. The molecule has 0 aromatic heterocycles. The number of nitrogens with one attached hydrogen (secondary N) is 1. The molecule has 74 valence electrons. The van der Waals surface area contributed by atoms with E-state index in [1.807, 2.05) is 24.5 Å². The molecule has 4 nitrogen and oxygen atoms in total. The van der Waals surface area contributed by atoms with Crippen LogP contribution in [0.5, 0.6) is 0 Å². The Balaban J connectivity index is 4.48. The minimum absolute atomic E-state index is 0.494. The Kier molecular flexibility index (Phi) is 7.14. The lowest BCUT2D eigenvalue weighted by molar-refractivity contribution is 1.01. The topological polar surface area (TPSA) is 76.4 Å². The molecule has 0 bridgehead atoms. The van der Waals surface area contributed by atoms with E-state index >= 15 is 0 Å². The van der Waals surface area contributed by atoms with Gasteiger partial charge in [-0.05, 0) is 18.8 Å². The van der Waals surface area contributed by atoms with Crippen molar-refractivity contribution in [1.82, 2.24) is 5.43 Å². The number of nitrogens with two attached hydrogens (primary N) is 2. The lowest BCUT2D eigenvalue weighted by Gasteiger charge is -2.04. The monoisotopic (exact) mass is 200 g/mol. The quantitative estimate of drug-likeness (QED) is 0.207. The molecule has 0 saturated heterocycles. The van der Waals surface area contributed by atoms with E-state index < -0.39 is 0 Å². The van der Waals surface area contributed by atoms with E-state index in [1.54, 1.807) is 0 Å². The van der Waals surface area contributed by atoms with Crippen molar-refractivity contribution in [1.29, 1.82) is 0 Å². The van der Waals surface area contributed by atoms with Gasteiger partial charge in [-0.2, -0.15) is 5.10 Å². The average molecular weight is 200 g/mol. The second-order valence-electron chi connectivity index (χ2n) is 2.19. The van der Waals surface area contributed by atoms with Crippen molar-refractivity contribution in [2.75, 3.05) is 6.26 Å². The van der Waals surface area contributed by atoms with E-state index in [9.17, 15) is 0 Å². The van der Waals surface area contributed by atoms with Crippen molar-refractivity contribution >= 4 is 17.6 Å². The second-order valence-corrected chi connectivity index (χ2v) is 3.04. The molecule has 0 aromatic carbocycles. The van der Waals surface area contributed by atoms with E-state index in [1.165, 1.54) is 11.8 Å². The molecule has 0 rings (SSSR count). The van der Waals surface area contributed by atoms with Crippen LogP contribution in [0.15, 0.2) is 28.2 Å². The highest BCUT2D eigenvalue weighted by molar-refractivity contribution is 8.03. The number of hydrazine groups is 1. The fourth-order valence-corrected chi connectivity index (χ4v) is 1.23. The van der Waals surface area contributed by atoms with Crippen molar-refractivity contribution < 1.29 is 0 Å². The van der Waals surface area contributed by atoms with Gasteiger partial charge in [-0.1, -0.05) is 19.1 Å². The molecular weight excluding hydrogens is 184 g/mol. The zero-order valence-corrected chi connectivity index (χ0v) is 8.77. The molecule has 0 spiro atoms.